The van der Waals surface area contributed by atoms with Crippen molar-refractivity contribution in [3.05, 3.63) is 11.4 Å². The Morgan fingerprint density at radius 1 is 1.33 bits per heavy atom. The zero-order valence-electron chi connectivity index (χ0n) is 12.1. The summed E-state index contributed by atoms with van der Waals surface area (Å²) < 4.78 is 1.43. The number of urea groups is 1. The van der Waals surface area contributed by atoms with E-state index >= 15 is 0 Å². The fourth-order valence-corrected chi connectivity index (χ4v) is 2.23. The highest BCUT2D eigenvalue weighted by Crippen LogP contribution is 2.24. The second-order valence-corrected chi connectivity index (χ2v) is 5.77. The number of carboxylic acid groups (broad SMARTS) is 1. The Morgan fingerprint density at radius 3 is 2.48 bits per heavy atom. The predicted molar refractivity (Wildman–Crippen MR) is 70.8 cm³/mol. The number of nitrogens with zero attached hydrogens (tertiary/aromatic N) is 4. The molecular weight excluding hydrogens is 278 g/mol. The zero-order chi connectivity index (χ0) is 15.8. The molecule has 9 heteroatoms. The van der Waals surface area contributed by atoms with Gasteiger partial charge in [-0.15, -0.1) is 5.10 Å². The minimum atomic E-state index is -1.15. The smallest absolute Gasteiger partial charge is 0.358 e. The largest absolute Gasteiger partial charge is 0.476 e. The molecule has 0 atom stereocenters. The highest BCUT2D eigenvalue weighted by molar-refractivity contribution is 6.01. The van der Waals surface area contributed by atoms with E-state index in [0.29, 0.717) is 5.69 Å². The van der Waals surface area contributed by atoms with E-state index in [-0.39, 0.29) is 31.2 Å². The van der Waals surface area contributed by atoms with Crippen LogP contribution < -0.4 is 5.32 Å². The summed E-state index contributed by atoms with van der Waals surface area (Å²) in [7, 11) is 0. The summed E-state index contributed by atoms with van der Waals surface area (Å²) >= 11 is 0. The van der Waals surface area contributed by atoms with Crippen LogP contribution in [0.3, 0.4) is 0 Å². The van der Waals surface area contributed by atoms with Crippen molar-refractivity contribution in [3.8, 4) is 0 Å². The van der Waals surface area contributed by atoms with Crippen molar-refractivity contribution in [1.82, 2.24) is 25.2 Å². The van der Waals surface area contributed by atoms with Crippen LogP contribution in [0.4, 0.5) is 4.79 Å². The monoisotopic (exact) mass is 295 g/mol. The van der Waals surface area contributed by atoms with Crippen molar-refractivity contribution in [2.75, 3.05) is 13.1 Å². The van der Waals surface area contributed by atoms with Crippen molar-refractivity contribution >= 4 is 17.9 Å². The van der Waals surface area contributed by atoms with E-state index in [0.717, 1.165) is 4.90 Å². The summed E-state index contributed by atoms with van der Waals surface area (Å²) in [6, 6.07) is -0.448. The highest BCUT2D eigenvalue weighted by atomic mass is 16.4. The number of carbonyl (C=O) groups is 3. The average Bonchev–Trinajstić information content (AvgIpc) is 2.91. The van der Waals surface area contributed by atoms with Crippen molar-refractivity contribution in [2.24, 2.45) is 0 Å². The molecule has 0 aromatic carbocycles. The lowest BCUT2D eigenvalue weighted by molar-refractivity contribution is -0.125. The first kappa shape index (κ1) is 14.9. The number of hydrogen-bond donors (Lipinski definition) is 2. The summed E-state index contributed by atoms with van der Waals surface area (Å²) in [6.45, 7) is 5.86. The van der Waals surface area contributed by atoms with Crippen LogP contribution in [0.2, 0.25) is 0 Å². The van der Waals surface area contributed by atoms with Gasteiger partial charge < -0.3 is 10.4 Å². The zero-order valence-corrected chi connectivity index (χ0v) is 12.1. The molecule has 0 spiro atoms. The second kappa shape index (κ2) is 5.15. The number of hydrogen-bond acceptors (Lipinski definition) is 5. The van der Waals surface area contributed by atoms with Gasteiger partial charge in [-0.05, 0) is 0 Å². The van der Waals surface area contributed by atoms with Crippen molar-refractivity contribution in [3.63, 3.8) is 0 Å². The number of aromatic nitrogens is 3. The number of nitrogens with one attached hydrogen (secondary N) is 1. The lowest BCUT2D eigenvalue weighted by atomic mass is 9.90. The molecule has 2 rings (SSSR count). The molecule has 3 amide bonds. The van der Waals surface area contributed by atoms with Crippen LogP contribution >= 0.6 is 0 Å². The van der Waals surface area contributed by atoms with Crippen LogP contribution in [0.5, 0.6) is 0 Å². The van der Waals surface area contributed by atoms with Crippen molar-refractivity contribution in [1.29, 1.82) is 0 Å². The standard InChI is InChI=1S/C12H17N5O4/c1-12(2,3)9-8(10(19)20)14-15-17(9)5-4-16-7(18)6-13-11(16)21/h4-6H2,1-3H3,(H,13,21)(H,19,20). The number of carbonyl (C=O) groups excluding carboxylic acids is 2. The van der Waals surface area contributed by atoms with Gasteiger partial charge in [-0.25, -0.2) is 14.3 Å². The molecule has 0 bridgehead atoms. The molecule has 0 unspecified atom stereocenters. The van der Waals surface area contributed by atoms with E-state index < -0.39 is 17.4 Å². The van der Waals surface area contributed by atoms with E-state index in [9.17, 15) is 14.4 Å². The van der Waals surface area contributed by atoms with Crippen LogP contribution in [-0.4, -0.2) is 56.0 Å². The van der Waals surface area contributed by atoms with E-state index in [1.807, 2.05) is 20.8 Å². The van der Waals surface area contributed by atoms with Gasteiger partial charge in [-0.2, -0.15) is 0 Å². The number of aromatic carboxylic acids is 1. The molecule has 9 nitrogen and oxygen atoms in total. The molecule has 1 aromatic rings. The molecule has 21 heavy (non-hydrogen) atoms. The fourth-order valence-electron chi connectivity index (χ4n) is 2.23. The minimum absolute atomic E-state index is 0.0112. The number of carboxylic acids is 1. The van der Waals surface area contributed by atoms with Gasteiger partial charge in [0.1, 0.15) is 0 Å². The third kappa shape index (κ3) is 2.86. The maximum Gasteiger partial charge on any atom is 0.358 e. The minimum Gasteiger partial charge on any atom is -0.476 e. The molecule has 1 fully saturated rings. The summed E-state index contributed by atoms with van der Waals surface area (Å²) in [5, 5.41) is 19.1. The Bertz CT molecular complexity index is 585. The SMILES string of the molecule is CC(C)(C)c1c(C(=O)O)nnn1CCN1C(=O)CNC1=O. The van der Waals surface area contributed by atoms with Gasteiger partial charge in [-0.3, -0.25) is 9.69 Å². The molecule has 1 saturated heterocycles. The van der Waals surface area contributed by atoms with E-state index in [1.54, 1.807) is 0 Å². The Labute approximate surface area is 120 Å². The first-order chi connectivity index (χ1) is 9.71. The van der Waals surface area contributed by atoms with Crippen molar-refractivity contribution in [2.45, 2.75) is 32.7 Å². The van der Waals surface area contributed by atoms with Gasteiger partial charge in [0.25, 0.3) is 0 Å². The fraction of sp³-hybridized carbons (Fsp3) is 0.583. The Balaban J connectivity index is 2.23. The Hall–Kier alpha value is -2.45. The van der Waals surface area contributed by atoms with Crippen LogP contribution in [-0.2, 0) is 16.8 Å². The molecule has 1 aliphatic heterocycles. The predicted octanol–water partition coefficient (Wildman–Crippen LogP) is -0.174. The average molecular weight is 295 g/mol. The van der Waals surface area contributed by atoms with Crippen LogP contribution in [0.15, 0.2) is 0 Å². The van der Waals surface area contributed by atoms with Gasteiger partial charge in [0.2, 0.25) is 5.91 Å². The molecule has 2 heterocycles. The van der Waals surface area contributed by atoms with Crippen LogP contribution in [0.1, 0.15) is 37.0 Å². The molecule has 1 aromatic heterocycles. The van der Waals surface area contributed by atoms with Gasteiger partial charge in [0.15, 0.2) is 5.69 Å². The van der Waals surface area contributed by atoms with E-state index in [4.69, 9.17) is 5.11 Å². The molecule has 114 valence electrons. The quantitative estimate of drug-likeness (QED) is 0.744. The first-order valence-corrected chi connectivity index (χ1v) is 6.47. The summed E-state index contributed by atoms with van der Waals surface area (Å²) in [5.41, 5.74) is -0.129. The normalized spacial score (nSPS) is 15.5. The summed E-state index contributed by atoms with van der Waals surface area (Å²) in [5.74, 6) is -1.46. The second-order valence-electron chi connectivity index (χ2n) is 5.77. The van der Waals surface area contributed by atoms with Gasteiger partial charge >= 0.3 is 12.0 Å². The summed E-state index contributed by atoms with van der Waals surface area (Å²) in [4.78, 5) is 35.2. The Morgan fingerprint density at radius 2 is 2.00 bits per heavy atom. The molecule has 0 saturated carbocycles. The number of rotatable bonds is 4. The third-order valence-electron chi connectivity index (χ3n) is 3.12. The van der Waals surface area contributed by atoms with Gasteiger partial charge in [-0.1, -0.05) is 26.0 Å². The molecular formula is C12H17N5O4. The highest BCUT2D eigenvalue weighted by Gasteiger charge is 2.31. The molecule has 0 aliphatic carbocycles. The molecule has 0 radical (unpaired) electrons. The lowest BCUT2D eigenvalue weighted by Crippen LogP contribution is -2.35. The first-order valence-electron chi connectivity index (χ1n) is 6.47. The van der Waals surface area contributed by atoms with Gasteiger partial charge in [0, 0.05) is 5.41 Å². The number of imide groups is 1. The van der Waals surface area contributed by atoms with Crippen LogP contribution in [0, 0.1) is 0 Å². The van der Waals surface area contributed by atoms with Gasteiger partial charge in [0.05, 0.1) is 25.3 Å². The maximum absolute atomic E-state index is 11.5. The Kier molecular flexibility index (Phi) is 3.67. The van der Waals surface area contributed by atoms with Crippen LogP contribution in [0.25, 0.3) is 0 Å². The molecule has 1 aliphatic rings. The topological polar surface area (TPSA) is 117 Å². The third-order valence-corrected chi connectivity index (χ3v) is 3.12. The summed E-state index contributed by atoms with van der Waals surface area (Å²) in [6.07, 6.45) is 0. The lowest BCUT2D eigenvalue weighted by Gasteiger charge is -2.21. The van der Waals surface area contributed by atoms with Crippen molar-refractivity contribution < 1.29 is 19.5 Å². The number of amides is 3. The van der Waals surface area contributed by atoms with E-state index in [1.165, 1.54) is 4.68 Å². The maximum atomic E-state index is 11.5. The van der Waals surface area contributed by atoms with E-state index in [2.05, 4.69) is 15.6 Å². The molecule has 2 N–H and O–H groups in total.